The maximum Gasteiger partial charge on any atom is 0.127 e. The van der Waals surface area contributed by atoms with Crippen LogP contribution in [0.25, 0.3) is 0 Å². The molecule has 0 aromatic heterocycles. The van der Waals surface area contributed by atoms with Gasteiger partial charge in [-0.2, -0.15) is 0 Å². The third-order valence-corrected chi connectivity index (χ3v) is 4.07. The zero-order chi connectivity index (χ0) is 14.7. The topological polar surface area (TPSA) is 41.5 Å². The lowest BCUT2D eigenvalue weighted by Gasteiger charge is -2.34. The molecule has 0 radical (unpaired) electrons. The molecule has 1 atom stereocenters. The van der Waals surface area contributed by atoms with Crippen LogP contribution in [0.1, 0.15) is 24.0 Å². The summed E-state index contributed by atoms with van der Waals surface area (Å²) in [5, 5.41) is 14.0. The average Bonchev–Trinajstić information content (AvgIpc) is 2.49. The molecule has 1 unspecified atom stereocenters. The fourth-order valence-electron chi connectivity index (χ4n) is 3.08. The number of aryl methyl sites for hydroxylation is 1. The Morgan fingerprint density at radius 3 is 2.71 bits per heavy atom. The maximum absolute atomic E-state index is 10.9. The molecule has 0 saturated heterocycles. The first-order valence-electron chi connectivity index (χ1n) is 7.44. The van der Waals surface area contributed by atoms with E-state index in [2.05, 4.69) is 11.4 Å². The number of para-hydroxylation sites is 1. The number of hydrogen-bond acceptors (Lipinski definition) is 3. The van der Waals surface area contributed by atoms with E-state index in [-0.39, 0.29) is 0 Å². The number of nitrogens with one attached hydrogen (secondary N) is 1. The lowest BCUT2D eigenvalue weighted by atomic mass is 9.79. The molecular weight excluding hydrogens is 262 g/mol. The molecule has 2 N–H and O–H groups in total. The number of aliphatic hydroxyl groups is 1. The molecule has 21 heavy (non-hydrogen) atoms. The Morgan fingerprint density at radius 1 is 1.14 bits per heavy atom. The second kappa shape index (κ2) is 5.88. The normalized spacial score (nSPS) is 20.9. The van der Waals surface area contributed by atoms with Crippen LogP contribution in [0.15, 0.2) is 48.5 Å². The molecule has 3 rings (SSSR count). The van der Waals surface area contributed by atoms with Crippen LogP contribution >= 0.6 is 0 Å². The van der Waals surface area contributed by atoms with Gasteiger partial charge in [0.25, 0.3) is 0 Å². The van der Waals surface area contributed by atoms with Crippen molar-refractivity contribution in [3.8, 4) is 11.5 Å². The monoisotopic (exact) mass is 283 g/mol. The fourth-order valence-corrected chi connectivity index (χ4v) is 3.08. The van der Waals surface area contributed by atoms with Crippen LogP contribution in [0.2, 0.25) is 0 Å². The highest BCUT2D eigenvalue weighted by atomic mass is 16.5. The van der Waals surface area contributed by atoms with E-state index >= 15 is 0 Å². The Balaban J connectivity index is 1.92. The first-order chi connectivity index (χ1) is 10.2. The summed E-state index contributed by atoms with van der Waals surface area (Å²) in [6.45, 7) is 0.564. The summed E-state index contributed by atoms with van der Waals surface area (Å²) < 4.78 is 5.88. The van der Waals surface area contributed by atoms with Gasteiger partial charge >= 0.3 is 0 Å². The van der Waals surface area contributed by atoms with Gasteiger partial charge in [0, 0.05) is 6.54 Å². The Bertz CT molecular complexity index is 612. The minimum absolute atomic E-state index is 0.564. The molecule has 3 nitrogen and oxygen atoms in total. The van der Waals surface area contributed by atoms with E-state index < -0.39 is 5.60 Å². The smallest absolute Gasteiger partial charge is 0.127 e. The highest BCUT2D eigenvalue weighted by molar-refractivity contribution is 5.43. The minimum Gasteiger partial charge on any atom is -0.457 e. The van der Waals surface area contributed by atoms with Gasteiger partial charge in [0.2, 0.25) is 0 Å². The molecule has 1 aliphatic rings. The van der Waals surface area contributed by atoms with Crippen molar-refractivity contribution in [1.29, 1.82) is 0 Å². The van der Waals surface area contributed by atoms with Gasteiger partial charge in [-0.3, -0.25) is 0 Å². The van der Waals surface area contributed by atoms with Gasteiger partial charge in [-0.05, 0) is 61.7 Å². The molecule has 0 spiro atoms. The Morgan fingerprint density at radius 2 is 1.95 bits per heavy atom. The molecule has 0 amide bonds. The summed E-state index contributed by atoms with van der Waals surface area (Å²) in [6, 6.07) is 15.8. The molecule has 1 aliphatic carbocycles. The maximum atomic E-state index is 10.9. The van der Waals surface area contributed by atoms with E-state index in [1.165, 1.54) is 5.56 Å². The van der Waals surface area contributed by atoms with Crippen LogP contribution in [0.4, 0.5) is 0 Å². The van der Waals surface area contributed by atoms with E-state index in [1.807, 2.05) is 49.5 Å². The molecule has 0 saturated carbocycles. The lowest BCUT2D eigenvalue weighted by molar-refractivity contribution is 0.0209. The van der Waals surface area contributed by atoms with Crippen LogP contribution in [-0.4, -0.2) is 18.7 Å². The molecule has 2 aromatic carbocycles. The lowest BCUT2D eigenvalue weighted by Crippen LogP contribution is -2.39. The first-order valence-corrected chi connectivity index (χ1v) is 7.44. The Hall–Kier alpha value is -1.84. The van der Waals surface area contributed by atoms with Gasteiger partial charge in [-0.25, -0.2) is 0 Å². The largest absolute Gasteiger partial charge is 0.457 e. The highest BCUT2D eigenvalue weighted by Gasteiger charge is 2.34. The molecular formula is C18H21NO2. The quantitative estimate of drug-likeness (QED) is 0.905. The molecule has 3 heteroatoms. The third-order valence-electron chi connectivity index (χ3n) is 4.07. The zero-order valence-electron chi connectivity index (χ0n) is 12.3. The number of rotatable bonds is 4. The van der Waals surface area contributed by atoms with Crippen LogP contribution in [0.3, 0.4) is 0 Å². The van der Waals surface area contributed by atoms with Gasteiger partial charge in [0.15, 0.2) is 0 Å². The van der Waals surface area contributed by atoms with E-state index in [9.17, 15) is 5.11 Å². The van der Waals surface area contributed by atoms with E-state index in [4.69, 9.17) is 4.74 Å². The van der Waals surface area contributed by atoms with Crippen LogP contribution in [-0.2, 0) is 12.0 Å². The van der Waals surface area contributed by atoms with Crippen molar-refractivity contribution in [1.82, 2.24) is 5.32 Å². The summed E-state index contributed by atoms with van der Waals surface area (Å²) in [5.74, 6) is 1.58. The van der Waals surface area contributed by atoms with E-state index in [1.54, 1.807) is 0 Å². The Kier molecular flexibility index (Phi) is 3.95. The standard InChI is InChI=1S/C18H21NO2/c1-19-13-18(20)11-5-6-14-9-10-16(12-17(14)18)21-15-7-3-2-4-8-15/h2-4,7-10,12,19-20H,5-6,11,13H2,1H3. The van der Waals surface area contributed by atoms with Crippen molar-refractivity contribution < 1.29 is 9.84 Å². The molecule has 0 fully saturated rings. The van der Waals surface area contributed by atoms with Crippen molar-refractivity contribution >= 4 is 0 Å². The summed E-state index contributed by atoms with van der Waals surface area (Å²) >= 11 is 0. The number of fused-ring (bicyclic) bond motifs is 1. The van der Waals surface area contributed by atoms with Crippen LogP contribution in [0, 0.1) is 0 Å². The first kappa shape index (κ1) is 14.1. The highest BCUT2D eigenvalue weighted by Crippen LogP contribution is 2.37. The van der Waals surface area contributed by atoms with Crippen molar-refractivity contribution in [2.45, 2.75) is 24.9 Å². The van der Waals surface area contributed by atoms with Gasteiger partial charge in [-0.15, -0.1) is 0 Å². The van der Waals surface area contributed by atoms with E-state index in [0.29, 0.717) is 6.54 Å². The average molecular weight is 283 g/mol. The molecule has 0 aliphatic heterocycles. The van der Waals surface area contributed by atoms with Crippen molar-refractivity contribution in [2.75, 3.05) is 13.6 Å². The van der Waals surface area contributed by atoms with Gasteiger partial charge < -0.3 is 15.2 Å². The van der Waals surface area contributed by atoms with Gasteiger partial charge in [0.05, 0.1) is 0 Å². The molecule has 0 bridgehead atoms. The van der Waals surface area contributed by atoms with Crippen molar-refractivity contribution in [2.24, 2.45) is 0 Å². The Labute approximate surface area is 125 Å². The summed E-state index contributed by atoms with van der Waals surface area (Å²) in [5.41, 5.74) is 1.43. The number of hydrogen-bond donors (Lipinski definition) is 2. The second-order valence-corrected chi connectivity index (χ2v) is 5.65. The summed E-state index contributed by atoms with van der Waals surface area (Å²) in [6.07, 6.45) is 2.83. The van der Waals surface area contributed by atoms with Crippen LogP contribution < -0.4 is 10.1 Å². The second-order valence-electron chi connectivity index (χ2n) is 5.65. The van der Waals surface area contributed by atoms with Crippen molar-refractivity contribution in [3.05, 3.63) is 59.7 Å². The molecule has 2 aromatic rings. The fraction of sp³-hybridized carbons (Fsp3) is 0.333. The van der Waals surface area contributed by atoms with Gasteiger partial charge in [-0.1, -0.05) is 24.3 Å². The number of likely N-dealkylation sites (N-methyl/N-ethyl adjacent to an activating group) is 1. The van der Waals surface area contributed by atoms with Gasteiger partial charge in [0.1, 0.15) is 17.1 Å². The minimum atomic E-state index is -0.793. The summed E-state index contributed by atoms with van der Waals surface area (Å²) in [7, 11) is 1.87. The number of ether oxygens (including phenoxy) is 1. The predicted octanol–water partition coefficient (Wildman–Crippen LogP) is 3.22. The SMILES string of the molecule is CNCC1(O)CCCc2ccc(Oc3ccccc3)cc21. The van der Waals surface area contributed by atoms with Crippen LogP contribution in [0.5, 0.6) is 11.5 Å². The predicted molar refractivity (Wildman–Crippen MR) is 83.7 cm³/mol. The number of benzene rings is 2. The summed E-state index contributed by atoms with van der Waals surface area (Å²) in [4.78, 5) is 0. The zero-order valence-corrected chi connectivity index (χ0v) is 12.3. The molecule has 0 heterocycles. The van der Waals surface area contributed by atoms with Crippen molar-refractivity contribution in [3.63, 3.8) is 0 Å². The molecule has 110 valence electrons. The third kappa shape index (κ3) is 2.94. The van der Waals surface area contributed by atoms with E-state index in [0.717, 1.165) is 36.3 Å².